The Kier molecular flexibility index (Phi) is 6.45. The van der Waals surface area contributed by atoms with E-state index in [1.165, 1.54) is 5.56 Å². The van der Waals surface area contributed by atoms with Gasteiger partial charge in [-0.1, -0.05) is 0 Å². The summed E-state index contributed by atoms with van der Waals surface area (Å²) in [6, 6.07) is 2.45. The Morgan fingerprint density at radius 2 is 2.22 bits per heavy atom. The first-order valence-corrected chi connectivity index (χ1v) is 9.44. The van der Waals surface area contributed by atoms with Crippen LogP contribution in [0.25, 0.3) is 0 Å². The van der Waals surface area contributed by atoms with Crippen LogP contribution in [-0.4, -0.2) is 62.9 Å². The molecule has 2 aliphatic heterocycles. The average molecular weight is 338 g/mol. The summed E-state index contributed by atoms with van der Waals surface area (Å²) in [4.78, 5) is 14.6. The summed E-state index contributed by atoms with van der Waals surface area (Å²) in [5, 5.41) is 7.31. The summed E-state index contributed by atoms with van der Waals surface area (Å²) < 4.78 is 11.0. The van der Waals surface area contributed by atoms with Crippen LogP contribution in [0, 0.1) is 5.92 Å². The third-order valence-corrected chi connectivity index (χ3v) is 5.49. The van der Waals surface area contributed by atoms with Crippen LogP contribution < -0.4 is 5.32 Å². The summed E-state index contributed by atoms with van der Waals surface area (Å²) in [7, 11) is 0. The van der Waals surface area contributed by atoms with Gasteiger partial charge in [-0.2, -0.15) is 11.3 Å². The quantitative estimate of drug-likeness (QED) is 0.819. The van der Waals surface area contributed by atoms with Crippen LogP contribution in [0.3, 0.4) is 0 Å². The molecule has 2 atom stereocenters. The van der Waals surface area contributed by atoms with E-state index in [9.17, 15) is 4.79 Å². The maximum Gasteiger partial charge on any atom is 0.220 e. The van der Waals surface area contributed by atoms with E-state index in [1.54, 1.807) is 11.3 Å². The second-order valence-corrected chi connectivity index (χ2v) is 7.06. The largest absolute Gasteiger partial charge is 0.381 e. The fourth-order valence-corrected chi connectivity index (χ4v) is 4.06. The van der Waals surface area contributed by atoms with E-state index in [4.69, 9.17) is 9.47 Å². The zero-order valence-electron chi connectivity index (χ0n) is 13.5. The second kappa shape index (κ2) is 8.78. The van der Waals surface area contributed by atoms with Crippen molar-refractivity contribution >= 4 is 17.2 Å². The topological polar surface area (TPSA) is 50.8 Å². The number of hydrogen-bond donors (Lipinski definition) is 1. The lowest BCUT2D eigenvalue weighted by Gasteiger charge is -2.37. The molecule has 2 unspecified atom stereocenters. The molecule has 2 saturated heterocycles. The molecule has 1 aromatic heterocycles. The molecule has 0 aliphatic carbocycles. The lowest BCUT2D eigenvalue weighted by molar-refractivity contribution is -0.121. The number of hydrogen-bond acceptors (Lipinski definition) is 5. The minimum absolute atomic E-state index is 0.147. The summed E-state index contributed by atoms with van der Waals surface area (Å²) in [6.07, 6.45) is 2.48. The molecule has 2 aliphatic rings. The maximum absolute atomic E-state index is 12.2. The SMILES string of the molecule is O=C(CCc1ccsc1)NCC(C1CCOC1)N1CCOCC1. The number of nitrogens with zero attached hydrogens (tertiary/aromatic N) is 1. The normalized spacial score (nSPS) is 23.7. The highest BCUT2D eigenvalue weighted by Gasteiger charge is 2.31. The average Bonchev–Trinajstić information content (AvgIpc) is 3.28. The van der Waals surface area contributed by atoms with Gasteiger partial charge in [0.05, 0.1) is 19.8 Å². The number of thiophene rings is 1. The van der Waals surface area contributed by atoms with Gasteiger partial charge >= 0.3 is 0 Å². The monoisotopic (exact) mass is 338 g/mol. The van der Waals surface area contributed by atoms with E-state index in [2.05, 4.69) is 27.0 Å². The van der Waals surface area contributed by atoms with E-state index in [0.29, 0.717) is 18.4 Å². The van der Waals surface area contributed by atoms with Gasteiger partial charge in [0.15, 0.2) is 0 Å². The highest BCUT2D eigenvalue weighted by molar-refractivity contribution is 7.07. The van der Waals surface area contributed by atoms with Gasteiger partial charge in [0.1, 0.15) is 0 Å². The van der Waals surface area contributed by atoms with Gasteiger partial charge in [0.2, 0.25) is 5.91 Å². The van der Waals surface area contributed by atoms with Crippen molar-refractivity contribution in [3.05, 3.63) is 22.4 Å². The van der Waals surface area contributed by atoms with E-state index in [1.807, 2.05) is 0 Å². The van der Waals surface area contributed by atoms with Crippen LogP contribution >= 0.6 is 11.3 Å². The molecule has 2 fully saturated rings. The number of nitrogens with one attached hydrogen (secondary N) is 1. The van der Waals surface area contributed by atoms with Crippen molar-refractivity contribution in [2.75, 3.05) is 46.1 Å². The Bertz CT molecular complexity index is 468. The van der Waals surface area contributed by atoms with E-state index in [0.717, 1.165) is 58.9 Å². The Labute approximate surface area is 142 Å². The van der Waals surface area contributed by atoms with Gasteiger partial charge in [-0.05, 0) is 35.2 Å². The second-order valence-electron chi connectivity index (χ2n) is 6.28. The molecule has 1 N–H and O–H groups in total. The summed E-state index contributed by atoms with van der Waals surface area (Å²) >= 11 is 1.68. The zero-order chi connectivity index (χ0) is 15.9. The van der Waals surface area contributed by atoms with Crippen molar-refractivity contribution in [3.63, 3.8) is 0 Å². The van der Waals surface area contributed by atoms with E-state index >= 15 is 0 Å². The van der Waals surface area contributed by atoms with Crippen LogP contribution in [-0.2, 0) is 20.7 Å². The number of amides is 1. The Hall–Kier alpha value is -0.950. The predicted molar refractivity (Wildman–Crippen MR) is 90.8 cm³/mol. The molecule has 23 heavy (non-hydrogen) atoms. The summed E-state index contributed by atoms with van der Waals surface area (Å²) in [5.74, 6) is 0.665. The molecule has 3 rings (SSSR count). The molecule has 0 aromatic carbocycles. The van der Waals surface area contributed by atoms with Gasteiger partial charge in [-0.3, -0.25) is 9.69 Å². The van der Waals surface area contributed by atoms with Gasteiger partial charge in [0, 0.05) is 44.6 Å². The molecule has 128 valence electrons. The summed E-state index contributed by atoms with van der Waals surface area (Å²) in [5.41, 5.74) is 1.25. The highest BCUT2D eigenvalue weighted by Crippen LogP contribution is 2.22. The molecule has 0 saturated carbocycles. The van der Waals surface area contributed by atoms with Crippen LogP contribution in [0.5, 0.6) is 0 Å². The fraction of sp³-hybridized carbons (Fsp3) is 0.706. The van der Waals surface area contributed by atoms with Gasteiger partial charge < -0.3 is 14.8 Å². The van der Waals surface area contributed by atoms with Crippen LogP contribution in [0.4, 0.5) is 0 Å². The first-order chi connectivity index (χ1) is 11.3. The third-order valence-electron chi connectivity index (χ3n) is 4.75. The van der Waals surface area contributed by atoms with Gasteiger partial charge in [-0.15, -0.1) is 0 Å². The minimum atomic E-state index is 0.147. The smallest absolute Gasteiger partial charge is 0.220 e. The Morgan fingerprint density at radius 1 is 1.35 bits per heavy atom. The Balaban J connectivity index is 1.47. The van der Waals surface area contributed by atoms with Crippen molar-refractivity contribution in [1.82, 2.24) is 10.2 Å². The highest BCUT2D eigenvalue weighted by atomic mass is 32.1. The van der Waals surface area contributed by atoms with Gasteiger partial charge in [0.25, 0.3) is 0 Å². The third kappa shape index (κ3) is 5.01. The molecule has 1 aromatic rings. The van der Waals surface area contributed by atoms with E-state index < -0.39 is 0 Å². The molecular formula is C17H26N2O3S. The van der Waals surface area contributed by atoms with Crippen molar-refractivity contribution in [1.29, 1.82) is 0 Å². The molecule has 5 nitrogen and oxygen atoms in total. The lowest BCUT2D eigenvalue weighted by atomic mass is 9.96. The number of carbonyl (C=O) groups excluding carboxylic acids is 1. The zero-order valence-corrected chi connectivity index (χ0v) is 14.4. The maximum atomic E-state index is 12.2. The minimum Gasteiger partial charge on any atom is -0.381 e. The molecule has 0 bridgehead atoms. The molecule has 6 heteroatoms. The van der Waals surface area contributed by atoms with Crippen molar-refractivity contribution in [2.24, 2.45) is 5.92 Å². The van der Waals surface area contributed by atoms with Crippen LogP contribution in [0.1, 0.15) is 18.4 Å². The molecule has 1 amide bonds. The molecule has 0 spiro atoms. The summed E-state index contributed by atoms with van der Waals surface area (Å²) in [6.45, 7) is 5.85. The van der Waals surface area contributed by atoms with Crippen molar-refractivity contribution in [3.8, 4) is 0 Å². The van der Waals surface area contributed by atoms with Crippen molar-refractivity contribution < 1.29 is 14.3 Å². The molecule has 0 radical (unpaired) electrons. The number of aryl methyl sites for hydroxylation is 1. The number of rotatable bonds is 7. The van der Waals surface area contributed by atoms with Gasteiger partial charge in [-0.25, -0.2) is 0 Å². The molecule has 3 heterocycles. The van der Waals surface area contributed by atoms with E-state index in [-0.39, 0.29) is 5.91 Å². The molecular weight excluding hydrogens is 312 g/mol. The lowest BCUT2D eigenvalue weighted by Crippen LogP contribution is -2.52. The number of morpholine rings is 1. The van der Waals surface area contributed by atoms with Crippen LogP contribution in [0.15, 0.2) is 16.8 Å². The van der Waals surface area contributed by atoms with Crippen molar-refractivity contribution in [2.45, 2.75) is 25.3 Å². The number of ether oxygens (including phenoxy) is 2. The number of carbonyl (C=O) groups is 1. The first kappa shape index (κ1) is 16.9. The first-order valence-electron chi connectivity index (χ1n) is 8.50. The standard InChI is InChI=1S/C17H26N2O3S/c20-17(2-1-14-4-10-23-13-14)18-11-16(15-3-7-22-12-15)19-5-8-21-9-6-19/h4,10,13,15-16H,1-3,5-9,11-12H2,(H,18,20). The Morgan fingerprint density at radius 3 is 2.91 bits per heavy atom. The fourth-order valence-electron chi connectivity index (χ4n) is 3.36. The van der Waals surface area contributed by atoms with Crippen LogP contribution in [0.2, 0.25) is 0 Å². The predicted octanol–water partition coefficient (Wildman–Crippen LogP) is 1.53.